The van der Waals surface area contributed by atoms with Gasteiger partial charge in [0.05, 0.1) is 6.10 Å². The Balaban J connectivity index is 1.85. The Morgan fingerprint density at radius 1 is 1.00 bits per heavy atom. The van der Waals surface area contributed by atoms with E-state index >= 15 is 0 Å². The van der Waals surface area contributed by atoms with E-state index in [1.807, 2.05) is 30.3 Å². The molecule has 2 aromatic carbocycles. The summed E-state index contributed by atoms with van der Waals surface area (Å²) in [5, 5.41) is 14.0. The third-order valence-electron chi connectivity index (χ3n) is 5.53. The van der Waals surface area contributed by atoms with Crippen molar-refractivity contribution in [2.24, 2.45) is 0 Å². The number of hydrogen-bond acceptors (Lipinski definition) is 3. The zero-order chi connectivity index (χ0) is 20.1. The van der Waals surface area contributed by atoms with Crippen molar-refractivity contribution in [2.75, 3.05) is 6.54 Å². The average molecular weight is 386 g/mol. The van der Waals surface area contributed by atoms with Crippen molar-refractivity contribution in [1.82, 2.24) is 5.32 Å². The van der Waals surface area contributed by atoms with Crippen molar-refractivity contribution in [3.05, 3.63) is 65.7 Å². The summed E-state index contributed by atoms with van der Waals surface area (Å²) in [5.41, 5.74) is 2.36. The second-order valence-corrected chi connectivity index (χ2v) is 13.6. The first-order valence-corrected chi connectivity index (χ1v) is 12.7. The maximum Gasteiger partial charge on any atom is 0.250 e. The fourth-order valence-electron chi connectivity index (χ4n) is 2.66. The first kappa shape index (κ1) is 21.7. The van der Waals surface area contributed by atoms with Crippen LogP contribution in [-0.2, 0) is 6.42 Å². The Morgan fingerprint density at radius 2 is 1.59 bits per heavy atom. The normalized spacial score (nSPS) is 14.6. The summed E-state index contributed by atoms with van der Waals surface area (Å²) < 4.78 is 6.32. The Labute approximate surface area is 165 Å². The largest absolute Gasteiger partial charge is 0.544 e. The molecule has 0 radical (unpaired) electrons. The molecule has 2 rings (SSSR count). The molecule has 0 spiro atoms. The molecule has 0 heterocycles. The highest BCUT2D eigenvalue weighted by molar-refractivity contribution is 6.74. The fourth-order valence-corrected chi connectivity index (χ4v) is 3.69. The van der Waals surface area contributed by atoms with Crippen molar-refractivity contribution in [3.63, 3.8) is 0 Å². The highest BCUT2D eigenvalue weighted by atomic mass is 28.4. The van der Waals surface area contributed by atoms with Crippen LogP contribution in [0.2, 0.25) is 18.1 Å². The van der Waals surface area contributed by atoms with Crippen LogP contribution in [0, 0.1) is 0 Å². The molecule has 0 bridgehead atoms. The molecule has 0 saturated heterocycles. The molecule has 2 N–H and O–H groups in total. The van der Waals surface area contributed by atoms with Gasteiger partial charge in [-0.3, -0.25) is 0 Å². The lowest BCUT2D eigenvalue weighted by molar-refractivity contribution is 0.168. The highest BCUT2D eigenvalue weighted by Gasteiger charge is 2.38. The van der Waals surface area contributed by atoms with Gasteiger partial charge in [-0.1, -0.05) is 63.2 Å². The monoisotopic (exact) mass is 385 g/mol. The molecule has 0 aliphatic rings. The number of aliphatic hydroxyl groups excluding tert-OH is 1. The summed E-state index contributed by atoms with van der Waals surface area (Å²) in [7, 11) is -1.81. The lowest BCUT2D eigenvalue weighted by Gasteiger charge is -2.36. The molecule has 27 heavy (non-hydrogen) atoms. The van der Waals surface area contributed by atoms with Crippen LogP contribution in [0.25, 0.3) is 0 Å². The molecule has 3 nitrogen and oxygen atoms in total. The molecular formula is C23H35NO2Si. The van der Waals surface area contributed by atoms with E-state index in [-0.39, 0.29) is 11.1 Å². The van der Waals surface area contributed by atoms with Crippen molar-refractivity contribution >= 4 is 8.32 Å². The maximum absolute atomic E-state index is 10.4. The van der Waals surface area contributed by atoms with E-state index in [0.717, 1.165) is 11.3 Å². The summed E-state index contributed by atoms with van der Waals surface area (Å²) in [6, 6.07) is 18.7. The third kappa shape index (κ3) is 6.49. The van der Waals surface area contributed by atoms with E-state index in [0.29, 0.717) is 13.0 Å². The molecular weight excluding hydrogens is 350 g/mol. The zero-order valence-corrected chi connectivity index (χ0v) is 18.6. The Morgan fingerprint density at radius 3 is 2.15 bits per heavy atom. The predicted octanol–water partition coefficient (Wildman–Crippen LogP) is 5.32. The molecule has 0 amide bonds. The van der Waals surface area contributed by atoms with Crippen molar-refractivity contribution < 1.29 is 9.53 Å². The summed E-state index contributed by atoms with van der Waals surface area (Å²) in [6.07, 6.45) is 0.220. The Kier molecular flexibility index (Phi) is 7.26. The minimum atomic E-state index is -1.81. The zero-order valence-electron chi connectivity index (χ0n) is 17.6. The second kappa shape index (κ2) is 9.05. The van der Waals surface area contributed by atoms with Crippen LogP contribution in [-0.4, -0.2) is 26.1 Å². The van der Waals surface area contributed by atoms with Gasteiger partial charge in [0.25, 0.3) is 0 Å². The van der Waals surface area contributed by atoms with E-state index in [1.54, 1.807) is 0 Å². The van der Waals surface area contributed by atoms with Gasteiger partial charge in [0, 0.05) is 12.6 Å². The Bertz CT molecular complexity index is 693. The lowest BCUT2D eigenvalue weighted by atomic mass is 10.1. The topological polar surface area (TPSA) is 41.5 Å². The van der Waals surface area contributed by atoms with Crippen molar-refractivity contribution in [1.29, 1.82) is 0 Å². The summed E-state index contributed by atoms with van der Waals surface area (Å²) in [4.78, 5) is 0. The van der Waals surface area contributed by atoms with Gasteiger partial charge in [-0.25, -0.2) is 0 Å². The Hall–Kier alpha value is -1.62. The van der Waals surface area contributed by atoms with Gasteiger partial charge in [-0.05, 0) is 54.7 Å². The molecule has 0 fully saturated rings. The number of benzene rings is 2. The van der Waals surface area contributed by atoms with Crippen molar-refractivity contribution in [3.8, 4) is 5.75 Å². The number of rotatable bonds is 8. The minimum Gasteiger partial charge on any atom is -0.544 e. The summed E-state index contributed by atoms with van der Waals surface area (Å²) >= 11 is 0. The molecule has 0 unspecified atom stereocenters. The first-order valence-electron chi connectivity index (χ1n) is 9.83. The number of hydrogen-bond donors (Lipinski definition) is 2. The first-order chi connectivity index (χ1) is 12.6. The van der Waals surface area contributed by atoms with Gasteiger partial charge >= 0.3 is 0 Å². The van der Waals surface area contributed by atoms with Crippen LogP contribution in [0.5, 0.6) is 5.75 Å². The van der Waals surface area contributed by atoms with E-state index in [4.69, 9.17) is 4.43 Å². The predicted molar refractivity (Wildman–Crippen MR) is 117 cm³/mol. The standard InChI is InChI=1S/C23H35NO2Si/c1-18(20-10-8-7-9-11-20)24-17-21(25)16-19-12-14-22(15-13-19)26-27(5,6)23(2,3)4/h7-15,18,21,24-25H,16-17H2,1-6H3/t18-,21-/m0/s1. The number of aliphatic hydroxyl groups is 1. The minimum absolute atomic E-state index is 0.184. The average Bonchev–Trinajstić information content (AvgIpc) is 2.61. The summed E-state index contributed by atoms with van der Waals surface area (Å²) in [5.74, 6) is 0.927. The van der Waals surface area contributed by atoms with Crippen LogP contribution in [0.15, 0.2) is 54.6 Å². The fraction of sp³-hybridized carbons (Fsp3) is 0.478. The molecule has 148 valence electrons. The van der Waals surface area contributed by atoms with Gasteiger partial charge in [-0.2, -0.15) is 0 Å². The molecule has 0 aliphatic carbocycles. The van der Waals surface area contributed by atoms with Crippen LogP contribution in [0.1, 0.15) is 44.9 Å². The molecule has 2 atom stereocenters. The van der Waals surface area contributed by atoms with E-state index in [1.165, 1.54) is 5.56 Å². The van der Waals surface area contributed by atoms with Gasteiger partial charge in [0.1, 0.15) is 5.75 Å². The smallest absolute Gasteiger partial charge is 0.250 e. The van der Waals surface area contributed by atoms with Gasteiger partial charge < -0.3 is 14.8 Å². The maximum atomic E-state index is 10.4. The molecule has 2 aromatic rings. The van der Waals surface area contributed by atoms with Crippen LogP contribution in [0.4, 0.5) is 0 Å². The molecule has 0 aromatic heterocycles. The number of nitrogens with one attached hydrogen (secondary N) is 1. The lowest BCUT2D eigenvalue weighted by Crippen LogP contribution is -2.43. The molecule has 0 aliphatic heterocycles. The van der Waals surface area contributed by atoms with Gasteiger partial charge in [0.2, 0.25) is 8.32 Å². The quantitative estimate of drug-likeness (QED) is 0.604. The molecule has 0 saturated carbocycles. The van der Waals surface area contributed by atoms with Crippen molar-refractivity contribution in [2.45, 2.75) is 64.4 Å². The van der Waals surface area contributed by atoms with Gasteiger partial charge in [0.15, 0.2) is 0 Å². The van der Waals surface area contributed by atoms with E-state index in [2.05, 4.69) is 70.4 Å². The van der Waals surface area contributed by atoms with Gasteiger partial charge in [-0.15, -0.1) is 0 Å². The summed E-state index contributed by atoms with van der Waals surface area (Å²) in [6.45, 7) is 13.9. The second-order valence-electron chi connectivity index (χ2n) is 8.90. The van der Waals surface area contributed by atoms with Crippen LogP contribution in [0.3, 0.4) is 0 Å². The van der Waals surface area contributed by atoms with Crippen LogP contribution < -0.4 is 9.74 Å². The van der Waals surface area contributed by atoms with E-state index < -0.39 is 14.4 Å². The van der Waals surface area contributed by atoms with E-state index in [9.17, 15) is 5.11 Å². The third-order valence-corrected chi connectivity index (χ3v) is 9.89. The molecule has 4 heteroatoms. The van der Waals surface area contributed by atoms with Crippen LogP contribution >= 0.6 is 0 Å². The highest BCUT2D eigenvalue weighted by Crippen LogP contribution is 2.37. The SMILES string of the molecule is C[C@H](NC[C@@H](O)Cc1ccc(O[Si](C)(C)C(C)(C)C)cc1)c1ccccc1.